The Labute approximate surface area is 227 Å². The maximum absolute atomic E-state index is 12.8. The summed E-state index contributed by atoms with van der Waals surface area (Å²) in [4.78, 5) is 25.4. The number of nitrogens with one attached hydrogen (secondary N) is 1. The summed E-state index contributed by atoms with van der Waals surface area (Å²) in [5, 5.41) is 3.53. The lowest BCUT2D eigenvalue weighted by molar-refractivity contribution is -0.137. The van der Waals surface area contributed by atoms with Crippen LogP contribution in [0.2, 0.25) is 0 Å². The van der Waals surface area contributed by atoms with Gasteiger partial charge in [-0.2, -0.15) is 13.2 Å². The number of rotatable bonds is 8. The minimum atomic E-state index is -4.42. The first kappa shape index (κ1) is 26.6. The molecule has 2 heterocycles. The third-order valence-electron chi connectivity index (χ3n) is 6.13. The van der Waals surface area contributed by atoms with Crippen LogP contribution in [0.4, 0.5) is 18.9 Å². The van der Waals surface area contributed by atoms with Gasteiger partial charge in [-0.25, -0.2) is 9.97 Å². The third kappa shape index (κ3) is 6.17. The fourth-order valence-electron chi connectivity index (χ4n) is 4.12. The van der Waals surface area contributed by atoms with Gasteiger partial charge in [-0.15, -0.1) is 0 Å². The second-order valence-corrected chi connectivity index (χ2v) is 8.89. The molecule has 0 radical (unpaired) electrons. The van der Waals surface area contributed by atoms with E-state index in [1.807, 2.05) is 30.3 Å². The lowest BCUT2D eigenvalue weighted by Crippen LogP contribution is -2.14. The van der Waals surface area contributed by atoms with Crippen molar-refractivity contribution in [2.45, 2.75) is 19.2 Å². The molecule has 1 N–H and O–H groups in total. The molecule has 0 saturated carbocycles. The standard InChI is InChI=1S/C30H23F3N4O3/c1-39-26-14-24-25(15-27(26)40-17-20-3-2-12-34-16-20)35-18-36-29(24)21-6-10-23(11-7-21)37-28(38)13-19-4-8-22(9-5-19)30(31,32)33/h2-12,14-16,18H,13,17H2,1H3,(H,37,38). The fourth-order valence-corrected chi connectivity index (χ4v) is 4.12. The van der Waals surface area contributed by atoms with Gasteiger partial charge in [0.1, 0.15) is 12.9 Å². The summed E-state index contributed by atoms with van der Waals surface area (Å²) in [6, 6.07) is 19.0. The molecule has 0 aliphatic heterocycles. The van der Waals surface area contributed by atoms with Crippen molar-refractivity contribution in [3.8, 4) is 22.8 Å². The van der Waals surface area contributed by atoms with E-state index in [1.54, 1.807) is 37.7 Å². The van der Waals surface area contributed by atoms with Crippen molar-refractivity contribution >= 4 is 22.5 Å². The summed E-state index contributed by atoms with van der Waals surface area (Å²) in [5.41, 5.74) is 3.31. The second-order valence-electron chi connectivity index (χ2n) is 8.89. The number of methoxy groups -OCH3 is 1. The van der Waals surface area contributed by atoms with Gasteiger partial charge in [0, 0.05) is 40.7 Å². The van der Waals surface area contributed by atoms with E-state index in [9.17, 15) is 18.0 Å². The fraction of sp³-hybridized carbons (Fsp3) is 0.133. The highest BCUT2D eigenvalue weighted by molar-refractivity contribution is 5.95. The number of carbonyl (C=O) groups is 1. The molecule has 0 fully saturated rings. The quantitative estimate of drug-likeness (QED) is 0.241. The number of halogens is 3. The van der Waals surface area contributed by atoms with E-state index in [0.29, 0.717) is 40.6 Å². The number of amides is 1. The van der Waals surface area contributed by atoms with Crippen molar-refractivity contribution in [2.75, 3.05) is 12.4 Å². The normalized spacial score (nSPS) is 11.3. The number of anilines is 1. The predicted molar refractivity (Wildman–Crippen MR) is 144 cm³/mol. The van der Waals surface area contributed by atoms with Crippen LogP contribution in [0.1, 0.15) is 16.7 Å². The Morgan fingerprint density at radius 2 is 1.70 bits per heavy atom. The van der Waals surface area contributed by atoms with E-state index in [-0.39, 0.29) is 12.3 Å². The topological polar surface area (TPSA) is 86.2 Å². The average Bonchev–Trinajstić information content (AvgIpc) is 2.96. The number of hydrogen-bond acceptors (Lipinski definition) is 6. The second kappa shape index (κ2) is 11.4. The molecule has 40 heavy (non-hydrogen) atoms. The Morgan fingerprint density at radius 1 is 0.925 bits per heavy atom. The number of aromatic nitrogens is 3. The van der Waals surface area contributed by atoms with Gasteiger partial charge in [-0.3, -0.25) is 9.78 Å². The Bertz CT molecular complexity index is 1630. The molecular weight excluding hydrogens is 521 g/mol. The molecule has 0 aliphatic carbocycles. The Kier molecular flexibility index (Phi) is 7.59. The molecule has 202 valence electrons. The van der Waals surface area contributed by atoms with E-state index < -0.39 is 11.7 Å². The van der Waals surface area contributed by atoms with Crippen LogP contribution in [0.3, 0.4) is 0 Å². The lowest BCUT2D eigenvalue weighted by Gasteiger charge is -2.13. The molecule has 0 atom stereocenters. The van der Waals surface area contributed by atoms with Crippen molar-refractivity contribution in [3.05, 3.63) is 108 Å². The number of hydrogen-bond donors (Lipinski definition) is 1. The van der Waals surface area contributed by atoms with Crippen LogP contribution in [-0.2, 0) is 24.0 Å². The van der Waals surface area contributed by atoms with Gasteiger partial charge in [-0.05, 0) is 42.0 Å². The van der Waals surface area contributed by atoms with Crippen LogP contribution in [0.5, 0.6) is 11.5 Å². The molecule has 3 aromatic carbocycles. The van der Waals surface area contributed by atoms with Gasteiger partial charge in [0.15, 0.2) is 11.5 Å². The van der Waals surface area contributed by atoms with Crippen molar-refractivity contribution in [1.82, 2.24) is 15.0 Å². The number of pyridine rings is 1. The van der Waals surface area contributed by atoms with E-state index in [4.69, 9.17) is 9.47 Å². The van der Waals surface area contributed by atoms with Crippen molar-refractivity contribution < 1.29 is 27.4 Å². The molecule has 5 aromatic rings. The molecule has 5 rings (SSSR count). The molecule has 10 heteroatoms. The molecule has 1 amide bonds. The SMILES string of the molecule is COc1cc2c(-c3ccc(NC(=O)Cc4ccc(C(F)(F)F)cc4)cc3)ncnc2cc1OCc1cccnc1. The maximum Gasteiger partial charge on any atom is 0.416 e. The van der Waals surface area contributed by atoms with E-state index in [0.717, 1.165) is 28.6 Å². The summed E-state index contributed by atoms with van der Waals surface area (Å²) in [6.45, 7) is 0.319. The monoisotopic (exact) mass is 544 g/mol. The van der Waals surface area contributed by atoms with Gasteiger partial charge < -0.3 is 14.8 Å². The van der Waals surface area contributed by atoms with Crippen molar-refractivity contribution in [2.24, 2.45) is 0 Å². The number of ether oxygens (including phenoxy) is 2. The zero-order valence-corrected chi connectivity index (χ0v) is 21.3. The first-order valence-corrected chi connectivity index (χ1v) is 12.2. The van der Waals surface area contributed by atoms with Gasteiger partial charge in [0.05, 0.1) is 30.3 Å². The first-order chi connectivity index (χ1) is 19.3. The zero-order chi connectivity index (χ0) is 28.1. The maximum atomic E-state index is 12.8. The lowest BCUT2D eigenvalue weighted by atomic mass is 10.1. The van der Waals surface area contributed by atoms with Crippen LogP contribution < -0.4 is 14.8 Å². The molecule has 2 aromatic heterocycles. The summed E-state index contributed by atoms with van der Waals surface area (Å²) in [5.74, 6) is 0.720. The number of benzene rings is 3. The zero-order valence-electron chi connectivity index (χ0n) is 21.3. The van der Waals surface area contributed by atoms with E-state index in [2.05, 4.69) is 20.3 Å². The number of carbonyl (C=O) groups excluding carboxylic acids is 1. The summed E-state index contributed by atoms with van der Waals surface area (Å²) in [7, 11) is 1.56. The Hall–Kier alpha value is -4.99. The molecule has 0 bridgehead atoms. The van der Waals surface area contributed by atoms with Crippen LogP contribution in [0.15, 0.2) is 91.5 Å². The van der Waals surface area contributed by atoms with Crippen LogP contribution in [-0.4, -0.2) is 28.0 Å². The summed E-state index contributed by atoms with van der Waals surface area (Å²) >= 11 is 0. The highest BCUT2D eigenvalue weighted by atomic mass is 19.4. The largest absolute Gasteiger partial charge is 0.493 e. The summed E-state index contributed by atoms with van der Waals surface area (Å²) < 4.78 is 49.8. The predicted octanol–water partition coefficient (Wildman–Crippen LogP) is 6.48. The minimum Gasteiger partial charge on any atom is -0.493 e. The minimum absolute atomic E-state index is 0.0541. The molecule has 0 saturated heterocycles. The first-order valence-electron chi connectivity index (χ1n) is 12.2. The third-order valence-corrected chi connectivity index (χ3v) is 6.13. The van der Waals surface area contributed by atoms with Crippen LogP contribution >= 0.6 is 0 Å². The highest BCUT2D eigenvalue weighted by Gasteiger charge is 2.30. The molecule has 0 unspecified atom stereocenters. The number of fused-ring (bicyclic) bond motifs is 1. The van der Waals surface area contributed by atoms with Gasteiger partial charge in [0.25, 0.3) is 0 Å². The summed E-state index contributed by atoms with van der Waals surface area (Å²) in [6.07, 6.45) is 0.423. The van der Waals surface area contributed by atoms with E-state index in [1.165, 1.54) is 18.5 Å². The van der Waals surface area contributed by atoms with Crippen LogP contribution in [0, 0.1) is 0 Å². The van der Waals surface area contributed by atoms with Crippen LogP contribution in [0.25, 0.3) is 22.2 Å². The number of alkyl halides is 3. The molecule has 7 nitrogen and oxygen atoms in total. The molecule has 0 aliphatic rings. The van der Waals surface area contributed by atoms with Gasteiger partial charge >= 0.3 is 6.18 Å². The van der Waals surface area contributed by atoms with Crippen molar-refractivity contribution in [1.29, 1.82) is 0 Å². The number of nitrogens with zero attached hydrogens (tertiary/aromatic N) is 3. The average molecular weight is 545 g/mol. The smallest absolute Gasteiger partial charge is 0.416 e. The van der Waals surface area contributed by atoms with Gasteiger partial charge in [-0.1, -0.05) is 30.3 Å². The van der Waals surface area contributed by atoms with E-state index >= 15 is 0 Å². The highest BCUT2D eigenvalue weighted by Crippen LogP contribution is 2.36. The Balaban J connectivity index is 1.30. The molecule has 0 spiro atoms. The Morgan fingerprint density at radius 3 is 2.38 bits per heavy atom. The van der Waals surface area contributed by atoms with Gasteiger partial charge in [0.2, 0.25) is 5.91 Å². The van der Waals surface area contributed by atoms with Crippen molar-refractivity contribution in [3.63, 3.8) is 0 Å². The molecular formula is C30H23F3N4O3.